The van der Waals surface area contributed by atoms with E-state index >= 15 is 0 Å². The molecule has 0 aliphatic rings. The highest BCUT2D eigenvalue weighted by molar-refractivity contribution is 7.92. The Bertz CT molecular complexity index is 641. The zero-order chi connectivity index (χ0) is 14.6. The second kappa shape index (κ2) is 6.23. The molecule has 1 N–H and O–H groups in total. The van der Waals surface area contributed by atoms with Gasteiger partial charge < -0.3 is 0 Å². The number of rotatable bonds is 6. The molecule has 1 aromatic carbocycles. The van der Waals surface area contributed by atoms with Crippen LogP contribution in [0.25, 0.3) is 5.69 Å². The average Bonchev–Trinajstić information content (AvgIpc) is 2.92. The molecule has 0 spiro atoms. The number of halogens is 1. The quantitative estimate of drug-likeness (QED) is 0.826. The molecular formula is C12H15ClN4O2S. The fraction of sp³-hybridized carbons (Fsp3) is 0.333. The summed E-state index contributed by atoms with van der Waals surface area (Å²) in [6, 6.07) is 6.88. The molecule has 8 heteroatoms. The Balaban J connectivity index is 2.07. The van der Waals surface area contributed by atoms with Crippen LogP contribution in [0.5, 0.6) is 0 Å². The van der Waals surface area contributed by atoms with Crippen LogP contribution in [-0.2, 0) is 10.0 Å². The maximum atomic E-state index is 11.9. The lowest BCUT2D eigenvalue weighted by atomic mass is 10.3. The first-order chi connectivity index (χ1) is 9.50. The molecule has 0 saturated carbocycles. The van der Waals surface area contributed by atoms with Crippen LogP contribution in [0, 0.1) is 5.92 Å². The lowest BCUT2D eigenvalue weighted by molar-refractivity contribution is 0.588. The van der Waals surface area contributed by atoms with Crippen LogP contribution in [0.4, 0.5) is 5.69 Å². The molecule has 0 fully saturated rings. The van der Waals surface area contributed by atoms with Gasteiger partial charge in [-0.25, -0.2) is 18.1 Å². The van der Waals surface area contributed by atoms with Gasteiger partial charge in [0.2, 0.25) is 10.0 Å². The number of anilines is 1. The summed E-state index contributed by atoms with van der Waals surface area (Å²) in [6.07, 6.45) is 3.01. The van der Waals surface area contributed by atoms with Crippen molar-refractivity contribution in [1.29, 1.82) is 0 Å². The molecule has 108 valence electrons. The minimum absolute atomic E-state index is 0.00132. The number of nitrogens with one attached hydrogen (secondary N) is 1. The highest BCUT2D eigenvalue weighted by atomic mass is 35.5. The van der Waals surface area contributed by atoms with E-state index in [1.165, 1.54) is 6.33 Å². The molecule has 0 aliphatic carbocycles. The third-order valence-corrected chi connectivity index (χ3v) is 4.67. The molecular weight excluding hydrogens is 300 g/mol. The Morgan fingerprint density at radius 1 is 1.35 bits per heavy atom. The molecule has 1 heterocycles. The van der Waals surface area contributed by atoms with Gasteiger partial charge in [0.1, 0.15) is 12.7 Å². The van der Waals surface area contributed by atoms with Gasteiger partial charge in [0, 0.05) is 11.6 Å². The van der Waals surface area contributed by atoms with E-state index in [2.05, 4.69) is 14.8 Å². The molecule has 2 aromatic rings. The third-order valence-electron chi connectivity index (χ3n) is 2.59. The number of alkyl halides is 1. The number of hydrogen-bond acceptors (Lipinski definition) is 4. The zero-order valence-corrected chi connectivity index (χ0v) is 12.5. The Hall–Kier alpha value is -1.60. The summed E-state index contributed by atoms with van der Waals surface area (Å²) in [5.41, 5.74) is 1.32. The first-order valence-electron chi connectivity index (χ1n) is 6.02. The number of benzene rings is 1. The summed E-state index contributed by atoms with van der Waals surface area (Å²) >= 11 is 5.63. The molecule has 0 amide bonds. The van der Waals surface area contributed by atoms with Crippen molar-refractivity contribution in [2.24, 2.45) is 5.92 Å². The lowest BCUT2D eigenvalue weighted by Gasteiger charge is -2.11. The Labute approximate surface area is 122 Å². The van der Waals surface area contributed by atoms with E-state index in [4.69, 9.17) is 11.6 Å². The molecule has 1 aromatic heterocycles. The summed E-state index contributed by atoms with van der Waals surface area (Å²) in [5.74, 6) is 0.219. The van der Waals surface area contributed by atoms with Gasteiger partial charge >= 0.3 is 0 Å². The van der Waals surface area contributed by atoms with Gasteiger partial charge in [-0.2, -0.15) is 5.10 Å². The number of sulfonamides is 1. The van der Waals surface area contributed by atoms with E-state index in [1.54, 1.807) is 42.2 Å². The minimum atomic E-state index is -3.38. The second-order valence-corrected chi connectivity index (χ2v) is 6.61. The monoisotopic (exact) mass is 314 g/mol. The maximum absolute atomic E-state index is 11.9. The molecule has 0 aliphatic heterocycles. The summed E-state index contributed by atoms with van der Waals surface area (Å²) in [7, 11) is -3.38. The van der Waals surface area contributed by atoms with E-state index in [1.807, 2.05) is 0 Å². The Kier molecular flexibility index (Phi) is 4.61. The Morgan fingerprint density at radius 3 is 2.60 bits per heavy atom. The molecule has 0 saturated heterocycles. The maximum Gasteiger partial charge on any atom is 0.233 e. The van der Waals surface area contributed by atoms with Crippen molar-refractivity contribution in [1.82, 2.24) is 14.8 Å². The predicted octanol–water partition coefficient (Wildman–Crippen LogP) is 1.88. The van der Waals surface area contributed by atoms with Crippen LogP contribution in [0.15, 0.2) is 36.9 Å². The van der Waals surface area contributed by atoms with Crippen LogP contribution >= 0.6 is 11.6 Å². The summed E-state index contributed by atoms with van der Waals surface area (Å²) in [4.78, 5) is 3.85. The van der Waals surface area contributed by atoms with Crippen LogP contribution in [0.3, 0.4) is 0 Å². The van der Waals surface area contributed by atoms with Gasteiger partial charge in [0.25, 0.3) is 0 Å². The number of hydrogen-bond donors (Lipinski definition) is 1. The first-order valence-corrected chi connectivity index (χ1v) is 8.20. The van der Waals surface area contributed by atoms with Crippen LogP contribution in [-0.4, -0.2) is 34.8 Å². The number of nitrogens with zero attached hydrogens (tertiary/aromatic N) is 3. The van der Waals surface area contributed by atoms with Gasteiger partial charge in [-0.05, 0) is 30.2 Å². The fourth-order valence-corrected chi connectivity index (χ4v) is 3.35. The first kappa shape index (κ1) is 14.8. The van der Waals surface area contributed by atoms with E-state index in [0.29, 0.717) is 11.6 Å². The summed E-state index contributed by atoms with van der Waals surface area (Å²) < 4.78 is 27.9. The van der Waals surface area contributed by atoms with Gasteiger partial charge in [-0.3, -0.25) is 4.72 Å². The average molecular weight is 315 g/mol. The van der Waals surface area contributed by atoms with Crippen molar-refractivity contribution in [3.05, 3.63) is 36.9 Å². The highest BCUT2D eigenvalue weighted by Gasteiger charge is 2.15. The van der Waals surface area contributed by atoms with Gasteiger partial charge in [-0.1, -0.05) is 6.92 Å². The van der Waals surface area contributed by atoms with Crippen molar-refractivity contribution in [3.8, 4) is 5.69 Å². The van der Waals surface area contributed by atoms with Crippen LogP contribution in [0.2, 0.25) is 0 Å². The smallest absolute Gasteiger partial charge is 0.233 e. The molecule has 1 atom stereocenters. The van der Waals surface area contributed by atoms with Crippen molar-refractivity contribution in [2.45, 2.75) is 6.92 Å². The molecule has 20 heavy (non-hydrogen) atoms. The SMILES string of the molecule is CC(CCl)CS(=O)(=O)Nc1ccc(-n2cncn2)cc1. The van der Waals surface area contributed by atoms with Crippen molar-refractivity contribution < 1.29 is 8.42 Å². The largest absolute Gasteiger partial charge is 0.284 e. The Morgan fingerprint density at radius 2 is 2.05 bits per heavy atom. The standard InChI is InChI=1S/C12H15ClN4O2S/c1-10(6-13)7-20(18,19)16-11-2-4-12(5-3-11)17-9-14-8-15-17/h2-5,8-10,16H,6-7H2,1H3. The van der Waals surface area contributed by atoms with Crippen LogP contribution in [0.1, 0.15) is 6.92 Å². The van der Waals surface area contributed by atoms with Gasteiger partial charge in [0.15, 0.2) is 0 Å². The van der Waals surface area contributed by atoms with Crippen molar-refractivity contribution in [3.63, 3.8) is 0 Å². The predicted molar refractivity (Wildman–Crippen MR) is 78.7 cm³/mol. The summed E-state index contributed by atoms with van der Waals surface area (Å²) in [6.45, 7) is 1.79. The summed E-state index contributed by atoms with van der Waals surface area (Å²) in [5, 5.41) is 3.99. The third kappa shape index (κ3) is 3.94. The normalized spacial score (nSPS) is 13.1. The van der Waals surface area contributed by atoms with Crippen molar-refractivity contribution >= 4 is 27.3 Å². The fourth-order valence-electron chi connectivity index (χ4n) is 1.66. The molecule has 0 radical (unpaired) electrons. The van der Waals surface area contributed by atoms with Gasteiger partial charge in [-0.15, -0.1) is 11.6 Å². The highest BCUT2D eigenvalue weighted by Crippen LogP contribution is 2.15. The van der Waals surface area contributed by atoms with Gasteiger partial charge in [0.05, 0.1) is 11.4 Å². The second-order valence-electron chi connectivity index (χ2n) is 4.53. The van der Waals surface area contributed by atoms with E-state index < -0.39 is 10.0 Å². The van der Waals surface area contributed by atoms with E-state index in [9.17, 15) is 8.42 Å². The molecule has 0 bridgehead atoms. The molecule has 1 unspecified atom stereocenters. The van der Waals surface area contributed by atoms with E-state index in [-0.39, 0.29) is 11.7 Å². The minimum Gasteiger partial charge on any atom is -0.284 e. The lowest BCUT2D eigenvalue weighted by Crippen LogP contribution is -2.22. The number of aromatic nitrogens is 3. The van der Waals surface area contributed by atoms with Crippen LogP contribution < -0.4 is 4.72 Å². The van der Waals surface area contributed by atoms with Crippen molar-refractivity contribution in [2.75, 3.05) is 16.4 Å². The molecule has 2 rings (SSSR count). The molecule has 6 nitrogen and oxygen atoms in total. The zero-order valence-electron chi connectivity index (χ0n) is 10.9. The van der Waals surface area contributed by atoms with E-state index in [0.717, 1.165) is 5.69 Å². The topological polar surface area (TPSA) is 76.9 Å².